The van der Waals surface area contributed by atoms with E-state index in [1.807, 2.05) is 27.7 Å². The van der Waals surface area contributed by atoms with Crippen LogP contribution in [-0.4, -0.2) is 53.6 Å². The molecule has 1 aliphatic rings. The minimum Gasteiger partial charge on any atom is -0.469 e. The summed E-state index contributed by atoms with van der Waals surface area (Å²) < 4.78 is 4.68. The predicted molar refractivity (Wildman–Crippen MR) is 64.6 cm³/mol. The Morgan fingerprint density at radius 1 is 1.35 bits per heavy atom. The Balaban J connectivity index is 2.81. The van der Waals surface area contributed by atoms with E-state index in [1.165, 1.54) is 7.11 Å². The van der Waals surface area contributed by atoms with Gasteiger partial charge in [0.15, 0.2) is 0 Å². The smallest absolute Gasteiger partial charge is 0.320 e. The molecule has 0 radical (unpaired) electrons. The number of carbonyl (C=O) groups is 2. The second-order valence-electron chi connectivity index (χ2n) is 4.96. The minimum absolute atomic E-state index is 0.0175. The number of rotatable bonds is 4. The molecule has 0 aromatic rings. The normalized spacial score (nSPS) is 20.6. The van der Waals surface area contributed by atoms with Crippen LogP contribution < -0.4 is 0 Å². The highest BCUT2D eigenvalue weighted by Crippen LogP contribution is 2.23. The summed E-state index contributed by atoms with van der Waals surface area (Å²) in [5.74, 6) is -0.265. The van der Waals surface area contributed by atoms with Gasteiger partial charge in [0.25, 0.3) is 0 Å². The van der Waals surface area contributed by atoms with Gasteiger partial charge in [0.05, 0.1) is 19.6 Å². The fourth-order valence-electron chi connectivity index (χ4n) is 2.21. The van der Waals surface area contributed by atoms with Crippen molar-refractivity contribution >= 4 is 12.0 Å². The van der Waals surface area contributed by atoms with Gasteiger partial charge in [0.1, 0.15) is 0 Å². The molecule has 1 fully saturated rings. The highest BCUT2D eigenvalue weighted by molar-refractivity contribution is 5.79. The molecule has 0 aromatic heterocycles. The van der Waals surface area contributed by atoms with Crippen molar-refractivity contribution in [3.8, 4) is 0 Å². The van der Waals surface area contributed by atoms with Crippen molar-refractivity contribution < 1.29 is 14.3 Å². The lowest BCUT2D eigenvalue weighted by molar-refractivity contribution is -0.141. The van der Waals surface area contributed by atoms with Crippen molar-refractivity contribution in [2.24, 2.45) is 0 Å². The Morgan fingerprint density at radius 3 is 2.35 bits per heavy atom. The molecule has 5 heteroatoms. The van der Waals surface area contributed by atoms with Gasteiger partial charge < -0.3 is 14.5 Å². The van der Waals surface area contributed by atoms with Crippen molar-refractivity contribution in [3.05, 3.63) is 0 Å². The average Bonchev–Trinajstić information content (AvgIpc) is 2.55. The van der Waals surface area contributed by atoms with Crippen LogP contribution in [0, 0.1) is 0 Å². The first-order chi connectivity index (χ1) is 7.88. The maximum Gasteiger partial charge on any atom is 0.320 e. The van der Waals surface area contributed by atoms with Crippen LogP contribution in [0.1, 0.15) is 34.1 Å². The molecule has 1 heterocycles. The Bertz CT molecular complexity index is 302. The molecule has 0 aliphatic carbocycles. The third kappa shape index (κ3) is 2.90. The first-order valence-electron chi connectivity index (χ1n) is 6.04. The van der Waals surface area contributed by atoms with E-state index >= 15 is 0 Å². The minimum atomic E-state index is -0.265. The molecule has 1 saturated heterocycles. The fraction of sp³-hybridized carbons (Fsp3) is 0.833. The van der Waals surface area contributed by atoms with E-state index in [2.05, 4.69) is 4.74 Å². The molecule has 1 atom stereocenters. The van der Waals surface area contributed by atoms with E-state index in [0.717, 1.165) is 0 Å². The van der Waals surface area contributed by atoms with Crippen LogP contribution >= 0.6 is 0 Å². The molecule has 0 spiro atoms. The van der Waals surface area contributed by atoms with Crippen molar-refractivity contribution in [2.45, 2.75) is 52.2 Å². The van der Waals surface area contributed by atoms with Gasteiger partial charge >= 0.3 is 12.0 Å². The van der Waals surface area contributed by atoms with E-state index < -0.39 is 0 Å². The van der Waals surface area contributed by atoms with Gasteiger partial charge in [-0.25, -0.2) is 4.79 Å². The van der Waals surface area contributed by atoms with Crippen LogP contribution in [0.3, 0.4) is 0 Å². The summed E-state index contributed by atoms with van der Waals surface area (Å²) in [5, 5.41) is 0. The maximum atomic E-state index is 12.2. The second kappa shape index (κ2) is 5.38. The first kappa shape index (κ1) is 13.8. The topological polar surface area (TPSA) is 49.9 Å². The third-order valence-electron chi connectivity index (χ3n) is 3.08. The van der Waals surface area contributed by atoms with E-state index in [1.54, 1.807) is 9.80 Å². The van der Waals surface area contributed by atoms with Crippen molar-refractivity contribution in [1.29, 1.82) is 0 Å². The molecular formula is C12H22N2O3. The average molecular weight is 242 g/mol. The van der Waals surface area contributed by atoms with Crippen molar-refractivity contribution in [3.63, 3.8) is 0 Å². The van der Waals surface area contributed by atoms with Gasteiger partial charge in [-0.2, -0.15) is 0 Å². The van der Waals surface area contributed by atoms with Crippen LogP contribution in [0.15, 0.2) is 0 Å². The molecule has 98 valence electrons. The summed E-state index contributed by atoms with van der Waals surface area (Å²) in [7, 11) is 1.37. The van der Waals surface area contributed by atoms with Gasteiger partial charge in [-0.15, -0.1) is 0 Å². The molecule has 5 nitrogen and oxygen atoms in total. The number of hydrogen-bond donors (Lipinski definition) is 0. The molecule has 2 amide bonds. The lowest BCUT2D eigenvalue weighted by Crippen LogP contribution is -2.42. The molecule has 1 unspecified atom stereocenters. The predicted octanol–water partition coefficient (Wildman–Crippen LogP) is 1.47. The van der Waals surface area contributed by atoms with Crippen LogP contribution in [0.4, 0.5) is 4.79 Å². The largest absolute Gasteiger partial charge is 0.469 e. The number of amides is 2. The van der Waals surface area contributed by atoms with Crippen LogP contribution in [0.25, 0.3) is 0 Å². The highest BCUT2D eigenvalue weighted by atomic mass is 16.5. The zero-order valence-corrected chi connectivity index (χ0v) is 11.3. The maximum absolute atomic E-state index is 12.2. The van der Waals surface area contributed by atoms with E-state index in [0.29, 0.717) is 6.54 Å². The molecule has 0 N–H and O–H groups in total. The van der Waals surface area contributed by atoms with Crippen molar-refractivity contribution in [2.75, 3.05) is 13.7 Å². The summed E-state index contributed by atoms with van der Waals surface area (Å²) in [6.07, 6.45) is 0.268. The fourth-order valence-corrected chi connectivity index (χ4v) is 2.21. The molecular weight excluding hydrogens is 220 g/mol. The number of esters is 1. The zero-order valence-electron chi connectivity index (χ0n) is 11.3. The molecule has 1 rings (SSSR count). The first-order valence-corrected chi connectivity index (χ1v) is 6.04. The number of nitrogens with zero attached hydrogens (tertiary/aromatic N) is 2. The van der Waals surface area contributed by atoms with E-state index in [-0.39, 0.29) is 36.5 Å². The van der Waals surface area contributed by atoms with Gasteiger partial charge in [-0.1, -0.05) is 0 Å². The Morgan fingerprint density at radius 2 is 1.94 bits per heavy atom. The van der Waals surface area contributed by atoms with Crippen LogP contribution in [0.2, 0.25) is 0 Å². The van der Waals surface area contributed by atoms with Gasteiger partial charge in [-0.05, 0) is 27.7 Å². The Labute approximate surface area is 103 Å². The summed E-state index contributed by atoms with van der Waals surface area (Å²) in [6.45, 7) is 8.50. The number of hydrogen-bond acceptors (Lipinski definition) is 3. The molecule has 0 aromatic carbocycles. The quantitative estimate of drug-likeness (QED) is 0.701. The Hall–Kier alpha value is -1.26. The summed E-state index contributed by atoms with van der Waals surface area (Å²) >= 11 is 0. The highest BCUT2D eigenvalue weighted by Gasteiger charge is 2.40. The lowest BCUT2D eigenvalue weighted by Gasteiger charge is -2.27. The monoisotopic (exact) mass is 242 g/mol. The number of ether oxygens (including phenoxy) is 1. The van der Waals surface area contributed by atoms with E-state index in [4.69, 9.17) is 0 Å². The van der Waals surface area contributed by atoms with Crippen LogP contribution in [0.5, 0.6) is 0 Å². The molecule has 1 aliphatic heterocycles. The standard InChI is InChI=1S/C12H22N2O3/c1-8(2)13-7-10(6-11(15)17-5)14(9(3)4)12(13)16/h8-10H,6-7H2,1-5H3. The van der Waals surface area contributed by atoms with Crippen molar-refractivity contribution in [1.82, 2.24) is 9.80 Å². The summed E-state index contributed by atoms with van der Waals surface area (Å²) in [4.78, 5) is 27.1. The SMILES string of the molecule is COC(=O)CC1CN(C(C)C)C(=O)N1C(C)C. The number of methoxy groups -OCH3 is 1. The van der Waals surface area contributed by atoms with Gasteiger partial charge in [-0.3, -0.25) is 4.79 Å². The van der Waals surface area contributed by atoms with Gasteiger partial charge in [0.2, 0.25) is 0 Å². The third-order valence-corrected chi connectivity index (χ3v) is 3.08. The molecule has 17 heavy (non-hydrogen) atoms. The molecule has 0 bridgehead atoms. The summed E-state index contributed by atoms with van der Waals surface area (Å²) in [6, 6.07) is 0.202. The molecule has 0 saturated carbocycles. The summed E-state index contributed by atoms with van der Waals surface area (Å²) in [5.41, 5.74) is 0. The van der Waals surface area contributed by atoms with E-state index in [9.17, 15) is 9.59 Å². The number of urea groups is 1. The van der Waals surface area contributed by atoms with Crippen LogP contribution in [-0.2, 0) is 9.53 Å². The second-order valence-corrected chi connectivity index (χ2v) is 4.96. The zero-order chi connectivity index (χ0) is 13.2. The number of carbonyl (C=O) groups excluding carboxylic acids is 2. The van der Waals surface area contributed by atoms with Gasteiger partial charge in [0, 0.05) is 18.6 Å². The Kier molecular flexibility index (Phi) is 4.37. The lowest BCUT2D eigenvalue weighted by atomic mass is 10.1.